The molecule has 0 bridgehead atoms. The first kappa shape index (κ1) is 18.5. The number of aromatic nitrogens is 1. The average Bonchev–Trinajstić information content (AvgIpc) is 2.97. The highest BCUT2D eigenvalue weighted by Gasteiger charge is 2.08. The molecular formula is C19H18BrN3O2S. The van der Waals surface area contributed by atoms with Gasteiger partial charge in [0.2, 0.25) is 11.8 Å². The van der Waals surface area contributed by atoms with Crippen LogP contribution in [-0.2, 0) is 16.0 Å². The van der Waals surface area contributed by atoms with Gasteiger partial charge in [-0.05, 0) is 54.8 Å². The zero-order chi connectivity index (χ0) is 18.7. The molecule has 0 radical (unpaired) electrons. The van der Waals surface area contributed by atoms with E-state index in [4.69, 9.17) is 0 Å². The molecule has 5 nitrogen and oxygen atoms in total. The molecule has 0 unspecified atom stereocenters. The van der Waals surface area contributed by atoms with Crippen LogP contribution in [0, 0.1) is 6.92 Å². The number of benzene rings is 2. The van der Waals surface area contributed by atoms with E-state index in [0.717, 1.165) is 31.5 Å². The number of aryl methyl sites for hydroxylation is 2. The lowest BCUT2D eigenvalue weighted by Crippen LogP contribution is -2.12. The van der Waals surface area contributed by atoms with Crippen molar-refractivity contribution in [3.8, 4) is 0 Å². The Bertz CT molecular complexity index is 984. The third-order valence-electron chi connectivity index (χ3n) is 3.82. The number of nitrogens with one attached hydrogen (secondary N) is 2. The normalized spacial score (nSPS) is 10.7. The number of fused-ring (bicyclic) bond motifs is 1. The highest BCUT2D eigenvalue weighted by atomic mass is 79.9. The number of rotatable bonds is 5. The SMILES string of the molecule is CC(=O)Nc1nc2ccc(CCC(=O)Nc3ccc(Br)c(C)c3)cc2s1. The molecule has 3 aromatic rings. The first-order valence-corrected chi connectivity index (χ1v) is 9.75. The van der Waals surface area contributed by atoms with E-state index >= 15 is 0 Å². The summed E-state index contributed by atoms with van der Waals surface area (Å²) in [6.07, 6.45) is 1.04. The molecule has 1 heterocycles. The maximum absolute atomic E-state index is 12.2. The van der Waals surface area contributed by atoms with E-state index < -0.39 is 0 Å². The van der Waals surface area contributed by atoms with Gasteiger partial charge in [0.1, 0.15) is 0 Å². The summed E-state index contributed by atoms with van der Waals surface area (Å²) in [7, 11) is 0. The van der Waals surface area contributed by atoms with Crippen LogP contribution in [0.2, 0.25) is 0 Å². The summed E-state index contributed by atoms with van der Waals surface area (Å²) in [5, 5.41) is 6.22. The van der Waals surface area contributed by atoms with Crippen LogP contribution in [0.5, 0.6) is 0 Å². The summed E-state index contributed by atoms with van der Waals surface area (Å²) in [5.41, 5.74) is 3.79. The Balaban J connectivity index is 1.62. The van der Waals surface area contributed by atoms with Crippen LogP contribution in [0.15, 0.2) is 40.9 Å². The van der Waals surface area contributed by atoms with E-state index in [1.54, 1.807) is 0 Å². The molecular weight excluding hydrogens is 414 g/mol. The lowest BCUT2D eigenvalue weighted by atomic mass is 10.1. The molecule has 0 aliphatic heterocycles. The number of carbonyl (C=O) groups excluding carboxylic acids is 2. The third-order valence-corrected chi connectivity index (χ3v) is 5.64. The molecule has 0 atom stereocenters. The van der Waals surface area contributed by atoms with Crippen LogP contribution in [-0.4, -0.2) is 16.8 Å². The van der Waals surface area contributed by atoms with E-state index in [2.05, 4.69) is 31.5 Å². The summed E-state index contributed by atoms with van der Waals surface area (Å²) in [6, 6.07) is 11.7. The average molecular weight is 432 g/mol. The van der Waals surface area contributed by atoms with Crippen molar-refractivity contribution in [2.24, 2.45) is 0 Å². The predicted molar refractivity (Wildman–Crippen MR) is 110 cm³/mol. The first-order chi connectivity index (χ1) is 12.4. The topological polar surface area (TPSA) is 71.1 Å². The molecule has 2 N–H and O–H groups in total. The van der Waals surface area contributed by atoms with Crippen LogP contribution in [0.1, 0.15) is 24.5 Å². The molecule has 0 fully saturated rings. The number of carbonyl (C=O) groups is 2. The minimum absolute atomic E-state index is 0.0185. The number of nitrogens with zero attached hydrogens (tertiary/aromatic N) is 1. The summed E-state index contributed by atoms with van der Waals surface area (Å²) in [6.45, 7) is 3.45. The molecule has 0 aliphatic carbocycles. The molecule has 0 spiro atoms. The molecule has 7 heteroatoms. The minimum Gasteiger partial charge on any atom is -0.326 e. The Morgan fingerprint density at radius 3 is 2.69 bits per heavy atom. The quantitative estimate of drug-likeness (QED) is 0.603. The number of hydrogen-bond acceptors (Lipinski definition) is 4. The summed E-state index contributed by atoms with van der Waals surface area (Å²) in [4.78, 5) is 27.7. The highest BCUT2D eigenvalue weighted by molar-refractivity contribution is 9.10. The summed E-state index contributed by atoms with van der Waals surface area (Å²) in [5.74, 6) is -0.154. The van der Waals surface area contributed by atoms with Gasteiger partial charge in [-0.2, -0.15) is 0 Å². The van der Waals surface area contributed by atoms with E-state index in [1.165, 1.54) is 18.3 Å². The molecule has 0 saturated carbocycles. The fourth-order valence-corrected chi connectivity index (χ4v) is 3.75. The van der Waals surface area contributed by atoms with Crippen LogP contribution < -0.4 is 10.6 Å². The molecule has 134 valence electrons. The van der Waals surface area contributed by atoms with E-state index in [1.807, 2.05) is 43.3 Å². The van der Waals surface area contributed by atoms with E-state index in [-0.39, 0.29) is 11.8 Å². The number of amides is 2. The zero-order valence-electron chi connectivity index (χ0n) is 14.4. The van der Waals surface area contributed by atoms with Gasteiger partial charge in [0, 0.05) is 23.5 Å². The first-order valence-electron chi connectivity index (χ1n) is 8.14. The van der Waals surface area contributed by atoms with Crippen molar-refractivity contribution >= 4 is 60.1 Å². The Kier molecular flexibility index (Phi) is 5.68. The second kappa shape index (κ2) is 7.97. The second-order valence-corrected chi connectivity index (χ2v) is 7.90. The molecule has 26 heavy (non-hydrogen) atoms. The number of halogens is 1. The van der Waals surface area contributed by atoms with Gasteiger partial charge in [0.25, 0.3) is 0 Å². The zero-order valence-corrected chi connectivity index (χ0v) is 16.8. The Labute approximate surface area is 164 Å². The maximum Gasteiger partial charge on any atom is 0.224 e. The lowest BCUT2D eigenvalue weighted by molar-refractivity contribution is -0.116. The highest BCUT2D eigenvalue weighted by Crippen LogP contribution is 2.27. The van der Waals surface area contributed by atoms with Gasteiger partial charge in [-0.15, -0.1) is 0 Å². The lowest BCUT2D eigenvalue weighted by Gasteiger charge is -2.07. The molecule has 0 aliphatic rings. The minimum atomic E-state index is -0.135. The Morgan fingerprint density at radius 2 is 1.96 bits per heavy atom. The van der Waals surface area contributed by atoms with Crippen molar-refractivity contribution in [2.45, 2.75) is 26.7 Å². The fourth-order valence-electron chi connectivity index (χ4n) is 2.53. The Morgan fingerprint density at radius 1 is 1.15 bits per heavy atom. The number of hydrogen-bond donors (Lipinski definition) is 2. The maximum atomic E-state index is 12.2. The van der Waals surface area contributed by atoms with Crippen molar-refractivity contribution < 1.29 is 9.59 Å². The second-order valence-electron chi connectivity index (χ2n) is 6.01. The van der Waals surface area contributed by atoms with E-state index in [0.29, 0.717) is 18.0 Å². The number of thiazole rings is 1. The molecule has 2 amide bonds. The third kappa shape index (κ3) is 4.68. The van der Waals surface area contributed by atoms with Gasteiger partial charge in [0.15, 0.2) is 5.13 Å². The fraction of sp³-hybridized carbons (Fsp3) is 0.211. The smallest absolute Gasteiger partial charge is 0.224 e. The number of anilines is 2. The standard InChI is InChI=1S/C19H18BrN3O2S/c1-11-9-14(5-6-15(11)20)22-18(25)8-4-13-3-7-16-17(10-13)26-19(23-16)21-12(2)24/h3,5-7,9-10H,4,8H2,1-2H3,(H,22,25)(H,21,23,24). The van der Waals surface area contributed by atoms with Gasteiger partial charge in [-0.3, -0.25) is 9.59 Å². The van der Waals surface area contributed by atoms with Crippen molar-refractivity contribution in [3.63, 3.8) is 0 Å². The van der Waals surface area contributed by atoms with Gasteiger partial charge in [-0.25, -0.2) is 4.98 Å². The molecule has 0 saturated heterocycles. The van der Waals surface area contributed by atoms with Crippen LogP contribution in [0.4, 0.5) is 10.8 Å². The van der Waals surface area contributed by atoms with Crippen LogP contribution in [0.3, 0.4) is 0 Å². The van der Waals surface area contributed by atoms with Crippen LogP contribution >= 0.6 is 27.3 Å². The van der Waals surface area contributed by atoms with Crippen LogP contribution in [0.25, 0.3) is 10.2 Å². The monoisotopic (exact) mass is 431 g/mol. The van der Waals surface area contributed by atoms with Crippen molar-refractivity contribution in [2.75, 3.05) is 10.6 Å². The molecule has 2 aromatic carbocycles. The van der Waals surface area contributed by atoms with Gasteiger partial charge in [-0.1, -0.05) is 33.3 Å². The van der Waals surface area contributed by atoms with Gasteiger partial charge < -0.3 is 10.6 Å². The Hall–Kier alpha value is -2.25. The van der Waals surface area contributed by atoms with E-state index in [9.17, 15) is 9.59 Å². The summed E-state index contributed by atoms with van der Waals surface area (Å²) >= 11 is 4.88. The van der Waals surface area contributed by atoms with Crippen molar-refractivity contribution in [1.29, 1.82) is 0 Å². The molecule has 3 rings (SSSR count). The predicted octanol–water partition coefficient (Wildman–Crippen LogP) is 4.90. The molecule has 1 aromatic heterocycles. The van der Waals surface area contributed by atoms with Gasteiger partial charge >= 0.3 is 0 Å². The van der Waals surface area contributed by atoms with Crippen molar-refractivity contribution in [1.82, 2.24) is 4.98 Å². The van der Waals surface area contributed by atoms with Gasteiger partial charge in [0.05, 0.1) is 10.2 Å². The van der Waals surface area contributed by atoms with Crippen molar-refractivity contribution in [3.05, 3.63) is 52.0 Å². The largest absolute Gasteiger partial charge is 0.326 e. The summed E-state index contributed by atoms with van der Waals surface area (Å²) < 4.78 is 2.02.